The first kappa shape index (κ1) is 14.6. The maximum atomic E-state index is 5.41. The van der Waals surface area contributed by atoms with Crippen LogP contribution in [0, 0.1) is 11.8 Å². The molecule has 1 unspecified atom stereocenters. The van der Waals surface area contributed by atoms with Crippen LogP contribution >= 0.6 is 11.3 Å². The van der Waals surface area contributed by atoms with Gasteiger partial charge in [0.05, 0.1) is 6.54 Å². The Labute approximate surface area is 121 Å². The number of hydrogen-bond acceptors (Lipinski definition) is 3. The van der Waals surface area contributed by atoms with E-state index in [1.54, 1.807) is 0 Å². The molecule has 1 atom stereocenters. The second-order valence-corrected chi connectivity index (χ2v) is 6.21. The van der Waals surface area contributed by atoms with E-state index in [-0.39, 0.29) is 0 Å². The van der Waals surface area contributed by atoms with Crippen molar-refractivity contribution in [3.05, 3.63) is 21.9 Å². The molecule has 0 aliphatic carbocycles. The van der Waals surface area contributed by atoms with Crippen molar-refractivity contribution in [3.8, 4) is 11.8 Å². The van der Waals surface area contributed by atoms with Crippen LogP contribution in [0.5, 0.6) is 0 Å². The van der Waals surface area contributed by atoms with Crippen molar-refractivity contribution in [2.24, 2.45) is 5.73 Å². The highest BCUT2D eigenvalue weighted by Gasteiger charge is 2.21. The number of piperidine rings is 1. The van der Waals surface area contributed by atoms with Crippen molar-refractivity contribution in [3.63, 3.8) is 0 Å². The van der Waals surface area contributed by atoms with Crippen LogP contribution in [-0.4, -0.2) is 24.0 Å². The number of nitrogens with zero attached hydrogens (tertiary/aromatic N) is 1. The minimum Gasteiger partial charge on any atom is -0.320 e. The van der Waals surface area contributed by atoms with E-state index in [1.165, 1.54) is 43.5 Å². The molecule has 0 bridgehead atoms. The fourth-order valence-electron chi connectivity index (χ4n) is 2.81. The topological polar surface area (TPSA) is 29.3 Å². The number of likely N-dealkylation sites (tertiary alicyclic amines) is 1. The Morgan fingerprint density at radius 2 is 2.37 bits per heavy atom. The van der Waals surface area contributed by atoms with Crippen molar-refractivity contribution in [1.29, 1.82) is 0 Å². The lowest BCUT2D eigenvalue weighted by Crippen LogP contribution is -2.38. The van der Waals surface area contributed by atoms with Gasteiger partial charge in [0, 0.05) is 28.4 Å². The SMILES string of the molecule is CCCC1CCCCN1Cc1cc(C#CCN)cs1. The summed E-state index contributed by atoms with van der Waals surface area (Å²) in [5, 5.41) is 2.15. The lowest BCUT2D eigenvalue weighted by Gasteiger charge is -2.35. The van der Waals surface area contributed by atoms with E-state index in [4.69, 9.17) is 5.73 Å². The summed E-state index contributed by atoms with van der Waals surface area (Å²) in [7, 11) is 0. The molecule has 0 saturated carbocycles. The first-order valence-corrected chi connectivity index (χ1v) is 8.22. The summed E-state index contributed by atoms with van der Waals surface area (Å²) in [5.74, 6) is 6.04. The summed E-state index contributed by atoms with van der Waals surface area (Å²) >= 11 is 1.83. The fraction of sp³-hybridized carbons (Fsp3) is 0.625. The second-order valence-electron chi connectivity index (χ2n) is 5.22. The third kappa shape index (κ3) is 4.35. The quantitative estimate of drug-likeness (QED) is 0.856. The number of nitrogens with two attached hydrogens (primary N) is 1. The van der Waals surface area contributed by atoms with Crippen LogP contribution in [0.1, 0.15) is 49.5 Å². The summed E-state index contributed by atoms with van der Waals surface area (Å²) in [4.78, 5) is 4.10. The van der Waals surface area contributed by atoms with Gasteiger partial charge in [0.25, 0.3) is 0 Å². The second kappa shape index (κ2) is 7.69. The summed E-state index contributed by atoms with van der Waals surface area (Å²) < 4.78 is 0. The van der Waals surface area contributed by atoms with E-state index in [0.29, 0.717) is 6.54 Å². The molecule has 1 aliphatic heterocycles. The largest absolute Gasteiger partial charge is 0.320 e. The van der Waals surface area contributed by atoms with E-state index in [1.807, 2.05) is 11.3 Å². The van der Waals surface area contributed by atoms with Crippen molar-refractivity contribution >= 4 is 11.3 Å². The van der Waals surface area contributed by atoms with Crippen molar-refractivity contribution in [2.75, 3.05) is 13.1 Å². The van der Waals surface area contributed by atoms with Gasteiger partial charge >= 0.3 is 0 Å². The van der Waals surface area contributed by atoms with Crippen LogP contribution in [0.2, 0.25) is 0 Å². The monoisotopic (exact) mass is 276 g/mol. The Balaban J connectivity index is 1.96. The molecule has 0 amide bonds. The zero-order valence-corrected chi connectivity index (χ0v) is 12.6. The molecule has 2 N–H and O–H groups in total. The smallest absolute Gasteiger partial charge is 0.0555 e. The Morgan fingerprint density at radius 3 is 3.16 bits per heavy atom. The van der Waals surface area contributed by atoms with Crippen molar-refractivity contribution in [2.45, 2.75) is 51.6 Å². The Hall–Kier alpha value is -0.820. The molecule has 2 rings (SSSR count). The maximum absolute atomic E-state index is 5.41. The van der Waals surface area contributed by atoms with Gasteiger partial charge < -0.3 is 5.73 Å². The van der Waals surface area contributed by atoms with E-state index in [9.17, 15) is 0 Å². The Morgan fingerprint density at radius 1 is 1.47 bits per heavy atom. The van der Waals surface area contributed by atoms with Crippen LogP contribution < -0.4 is 5.73 Å². The lowest BCUT2D eigenvalue weighted by molar-refractivity contribution is 0.133. The first-order valence-electron chi connectivity index (χ1n) is 7.34. The standard InChI is InChI=1S/C16H24N2S/c1-2-6-15-8-3-4-10-18(15)12-16-11-14(13-19-16)7-5-9-17/h11,13,15H,2-4,6,8-10,12,17H2,1H3. The molecule has 104 valence electrons. The average molecular weight is 276 g/mol. The summed E-state index contributed by atoms with van der Waals surface area (Å²) in [5.41, 5.74) is 6.53. The van der Waals surface area contributed by atoms with Crippen LogP contribution in [0.25, 0.3) is 0 Å². The first-order chi connectivity index (χ1) is 9.33. The van der Waals surface area contributed by atoms with Crippen molar-refractivity contribution < 1.29 is 0 Å². The lowest BCUT2D eigenvalue weighted by atomic mass is 9.98. The zero-order chi connectivity index (χ0) is 13.5. The van der Waals surface area contributed by atoms with E-state index in [2.05, 4.69) is 35.1 Å². The zero-order valence-electron chi connectivity index (χ0n) is 11.8. The van der Waals surface area contributed by atoms with E-state index < -0.39 is 0 Å². The normalized spacial score (nSPS) is 20.0. The summed E-state index contributed by atoms with van der Waals surface area (Å²) in [6, 6.07) is 3.02. The molecule has 1 aromatic heterocycles. The molecule has 19 heavy (non-hydrogen) atoms. The highest BCUT2D eigenvalue weighted by Crippen LogP contribution is 2.25. The molecule has 0 aromatic carbocycles. The van der Waals surface area contributed by atoms with Gasteiger partial charge in [0.2, 0.25) is 0 Å². The maximum Gasteiger partial charge on any atom is 0.0555 e. The van der Waals surface area contributed by atoms with Crippen LogP contribution in [-0.2, 0) is 6.54 Å². The Bertz CT molecular complexity index is 439. The van der Waals surface area contributed by atoms with Gasteiger partial charge in [-0.2, -0.15) is 0 Å². The number of thiophene rings is 1. The highest BCUT2D eigenvalue weighted by atomic mass is 32.1. The third-order valence-corrected chi connectivity index (χ3v) is 4.64. The third-order valence-electron chi connectivity index (χ3n) is 3.72. The molecule has 0 spiro atoms. The van der Waals surface area contributed by atoms with E-state index >= 15 is 0 Å². The molecule has 1 aromatic rings. The Kier molecular flexibility index (Phi) is 5.91. The van der Waals surface area contributed by atoms with Gasteiger partial charge in [-0.15, -0.1) is 11.3 Å². The van der Waals surface area contributed by atoms with Crippen molar-refractivity contribution in [1.82, 2.24) is 4.90 Å². The predicted octanol–water partition coefficient (Wildman–Crippen LogP) is 3.21. The predicted molar refractivity (Wildman–Crippen MR) is 83.2 cm³/mol. The average Bonchev–Trinajstić information content (AvgIpc) is 2.87. The molecule has 1 aliphatic rings. The van der Waals surface area contributed by atoms with Crippen LogP contribution in [0.4, 0.5) is 0 Å². The molecule has 3 heteroatoms. The van der Waals surface area contributed by atoms with Gasteiger partial charge in [-0.3, -0.25) is 4.90 Å². The van der Waals surface area contributed by atoms with Gasteiger partial charge in [0.15, 0.2) is 0 Å². The highest BCUT2D eigenvalue weighted by molar-refractivity contribution is 7.10. The van der Waals surface area contributed by atoms with Crippen LogP contribution in [0.3, 0.4) is 0 Å². The van der Waals surface area contributed by atoms with Gasteiger partial charge in [-0.1, -0.05) is 31.6 Å². The number of hydrogen-bond donors (Lipinski definition) is 1. The minimum absolute atomic E-state index is 0.440. The van der Waals surface area contributed by atoms with Crippen LogP contribution in [0.15, 0.2) is 11.4 Å². The van der Waals surface area contributed by atoms with Gasteiger partial charge in [-0.05, 0) is 31.9 Å². The molecule has 0 radical (unpaired) electrons. The molecule has 2 heterocycles. The fourth-order valence-corrected chi connectivity index (χ4v) is 3.65. The molecule has 2 nitrogen and oxygen atoms in total. The summed E-state index contributed by atoms with van der Waals surface area (Å²) in [6.45, 7) is 5.08. The van der Waals surface area contributed by atoms with E-state index in [0.717, 1.165) is 18.2 Å². The van der Waals surface area contributed by atoms with Gasteiger partial charge in [-0.25, -0.2) is 0 Å². The molecular weight excluding hydrogens is 252 g/mol. The molecular formula is C16H24N2S. The molecule has 1 fully saturated rings. The minimum atomic E-state index is 0.440. The molecule has 1 saturated heterocycles. The summed E-state index contributed by atoms with van der Waals surface area (Å²) in [6.07, 6.45) is 6.76. The van der Waals surface area contributed by atoms with Gasteiger partial charge in [0.1, 0.15) is 0 Å². The number of rotatable bonds is 4.